The Bertz CT molecular complexity index is 1590. The van der Waals surface area contributed by atoms with Crippen LogP contribution < -0.4 is 5.32 Å². The van der Waals surface area contributed by atoms with Crippen LogP contribution in [0.4, 0.5) is 0 Å². The van der Waals surface area contributed by atoms with Crippen LogP contribution in [0.15, 0.2) is 36.4 Å². The lowest BCUT2D eigenvalue weighted by atomic mass is 9.96. The predicted octanol–water partition coefficient (Wildman–Crippen LogP) is 3.89. The van der Waals surface area contributed by atoms with Gasteiger partial charge in [0.15, 0.2) is 5.82 Å². The van der Waals surface area contributed by atoms with Crippen molar-refractivity contribution in [1.82, 2.24) is 39.7 Å². The van der Waals surface area contributed by atoms with Crippen LogP contribution in [0.25, 0.3) is 17.1 Å². The summed E-state index contributed by atoms with van der Waals surface area (Å²) in [5, 5.41) is 33.2. The number of piperazine rings is 1. The maximum atomic E-state index is 13.6. The summed E-state index contributed by atoms with van der Waals surface area (Å²) >= 11 is 0. The predicted molar refractivity (Wildman–Crippen MR) is 193 cm³/mol. The standard InChI is InChI=1S/C38H54N8O4/c1-3-7-31-24-33(35(49)25-34(31)48)36-40-41-37(38(50)39-14-19-42-15-5-4-6-16-42)46(36)32-10-8-29(9-11-32)26-43-20-22-44(23-21-43)27-30-12-17-45(18-13-30)28(2)47/h8-11,24-25,30,48-49H,3-7,12-23,26-27H2,1-2H3,(H,39,50). The molecule has 3 aliphatic heterocycles. The van der Waals surface area contributed by atoms with Crippen molar-refractivity contribution in [2.45, 2.75) is 65.3 Å². The van der Waals surface area contributed by atoms with Gasteiger partial charge in [-0.1, -0.05) is 31.9 Å². The van der Waals surface area contributed by atoms with E-state index < -0.39 is 0 Å². The summed E-state index contributed by atoms with van der Waals surface area (Å²) in [4.78, 5) is 34.7. The zero-order valence-electron chi connectivity index (χ0n) is 29.8. The minimum atomic E-state index is -0.320. The summed E-state index contributed by atoms with van der Waals surface area (Å²) in [6.07, 6.45) is 7.30. The Morgan fingerprint density at radius 1 is 0.840 bits per heavy atom. The fourth-order valence-corrected chi connectivity index (χ4v) is 7.64. The Hall–Kier alpha value is -4.00. The number of carbonyl (C=O) groups excluding carboxylic acids is 2. The van der Waals surface area contributed by atoms with Crippen molar-refractivity contribution in [2.24, 2.45) is 5.92 Å². The van der Waals surface area contributed by atoms with Crippen molar-refractivity contribution in [3.63, 3.8) is 0 Å². The maximum Gasteiger partial charge on any atom is 0.289 e. The average Bonchev–Trinajstić information content (AvgIpc) is 3.56. The highest BCUT2D eigenvalue weighted by atomic mass is 16.3. The van der Waals surface area contributed by atoms with E-state index in [1.165, 1.54) is 30.9 Å². The molecule has 1 aromatic heterocycles. The zero-order valence-corrected chi connectivity index (χ0v) is 29.8. The van der Waals surface area contributed by atoms with E-state index in [-0.39, 0.29) is 29.1 Å². The van der Waals surface area contributed by atoms with E-state index in [9.17, 15) is 19.8 Å². The lowest BCUT2D eigenvalue weighted by Gasteiger charge is -2.38. The minimum absolute atomic E-state index is 0.0371. The summed E-state index contributed by atoms with van der Waals surface area (Å²) in [6, 6.07) is 11.2. The number of aryl methyl sites for hydroxylation is 1. The van der Waals surface area contributed by atoms with Gasteiger partial charge in [-0.15, -0.1) is 10.2 Å². The lowest BCUT2D eigenvalue weighted by Crippen LogP contribution is -2.48. The third-order valence-electron chi connectivity index (χ3n) is 10.6. The molecule has 0 spiro atoms. The normalized spacial score (nSPS) is 18.4. The summed E-state index contributed by atoms with van der Waals surface area (Å²) in [6.45, 7) is 14.9. The van der Waals surface area contributed by atoms with E-state index in [2.05, 4.69) is 42.3 Å². The summed E-state index contributed by atoms with van der Waals surface area (Å²) in [5.41, 5.74) is 3.02. The molecule has 0 unspecified atom stereocenters. The molecule has 0 bridgehead atoms. The number of likely N-dealkylation sites (tertiary alicyclic amines) is 2. The number of nitrogens with one attached hydrogen (secondary N) is 1. The second-order valence-corrected chi connectivity index (χ2v) is 14.3. The van der Waals surface area contributed by atoms with E-state index >= 15 is 0 Å². The molecule has 270 valence electrons. The minimum Gasteiger partial charge on any atom is -0.508 e. The van der Waals surface area contributed by atoms with Crippen molar-refractivity contribution >= 4 is 11.8 Å². The van der Waals surface area contributed by atoms with Crippen LogP contribution in [0.2, 0.25) is 0 Å². The number of benzene rings is 2. The Labute approximate surface area is 296 Å². The molecule has 2 amide bonds. The van der Waals surface area contributed by atoms with Crippen LogP contribution in [0.3, 0.4) is 0 Å². The van der Waals surface area contributed by atoms with Crippen molar-refractivity contribution in [3.8, 4) is 28.6 Å². The van der Waals surface area contributed by atoms with Gasteiger partial charge < -0.3 is 30.2 Å². The molecule has 2 aromatic carbocycles. The van der Waals surface area contributed by atoms with Gasteiger partial charge in [0, 0.05) is 84.1 Å². The largest absolute Gasteiger partial charge is 0.508 e. The molecule has 3 N–H and O–H groups in total. The molecule has 0 atom stereocenters. The molecule has 3 aliphatic rings. The number of aromatic hydroxyl groups is 2. The van der Waals surface area contributed by atoms with Gasteiger partial charge in [0.25, 0.3) is 5.91 Å². The van der Waals surface area contributed by atoms with Gasteiger partial charge in [0.2, 0.25) is 11.7 Å². The first-order valence-corrected chi connectivity index (χ1v) is 18.6. The van der Waals surface area contributed by atoms with E-state index in [0.717, 1.165) is 96.9 Å². The number of amides is 2. The highest BCUT2D eigenvalue weighted by Gasteiger charge is 2.26. The molecule has 50 heavy (non-hydrogen) atoms. The smallest absolute Gasteiger partial charge is 0.289 e. The molecule has 0 radical (unpaired) electrons. The summed E-state index contributed by atoms with van der Waals surface area (Å²) in [5.74, 6) is 0.945. The van der Waals surface area contributed by atoms with E-state index in [1.807, 2.05) is 24.0 Å². The van der Waals surface area contributed by atoms with Gasteiger partial charge in [-0.2, -0.15) is 0 Å². The summed E-state index contributed by atoms with van der Waals surface area (Å²) in [7, 11) is 0. The first-order chi connectivity index (χ1) is 24.3. The number of hydrogen-bond acceptors (Lipinski definition) is 9. The molecule has 0 aliphatic carbocycles. The maximum absolute atomic E-state index is 13.6. The fourth-order valence-electron chi connectivity index (χ4n) is 7.64. The van der Waals surface area contributed by atoms with Crippen LogP contribution in [-0.4, -0.2) is 128 Å². The molecule has 6 rings (SSSR count). The van der Waals surface area contributed by atoms with Crippen LogP contribution in [0, 0.1) is 5.92 Å². The Morgan fingerprint density at radius 2 is 1.54 bits per heavy atom. The van der Waals surface area contributed by atoms with E-state index in [1.54, 1.807) is 17.6 Å². The average molecular weight is 687 g/mol. The number of phenolic OH excluding ortho intramolecular Hbond substituents is 2. The number of hydrogen-bond donors (Lipinski definition) is 3. The molecule has 12 nitrogen and oxygen atoms in total. The quantitative estimate of drug-likeness (QED) is 0.260. The molecular weight excluding hydrogens is 632 g/mol. The van der Waals surface area contributed by atoms with Crippen molar-refractivity contribution in [1.29, 1.82) is 0 Å². The van der Waals surface area contributed by atoms with Crippen LogP contribution in [0.1, 0.15) is 74.1 Å². The van der Waals surface area contributed by atoms with Crippen molar-refractivity contribution < 1.29 is 19.8 Å². The van der Waals surface area contributed by atoms with Crippen LogP contribution >= 0.6 is 0 Å². The monoisotopic (exact) mass is 686 g/mol. The number of aromatic nitrogens is 3. The zero-order chi connectivity index (χ0) is 35.0. The third-order valence-corrected chi connectivity index (χ3v) is 10.6. The Balaban J connectivity index is 1.14. The number of carbonyl (C=O) groups is 2. The van der Waals surface area contributed by atoms with E-state index in [0.29, 0.717) is 35.8 Å². The Morgan fingerprint density at radius 3 is 2.22 bits per heavy atom. The molecule has 3 aromatic rings. The second kappa shape index (κ2) is 16.8. The van der Waals surface area contributed by atoms with Gasteiger partial charge >= 0.3 is 0 Å². The topological polar surface area (TPSA) is 130 Å². The molecule has 4 heterocycles. The van der Waals surface area contributed by atoms with Gasteiger partial charge in [-0.25, -0.2) is 0 Å². The van der Waals surface area contributed by atoms with Gasteiger partial charge in [-0.3, -0.25) is 19.1 Å². The molecular formula is C38H54N8O4. The fraction of sp³-hybridized carbons (Fsp3) is 0.579. The van der Waals surface area contributed by atoms with Crippen molar-refractivity contribution in [2.75, 3.05) is 72.0 Å². The van der Waals surface area contributed by atoms with Gasteiger partial charge in [-0.05, 0) is 80.4 Å². The number of rotatable bonds is 12. The van der Waals surface area contributed by atoms with Crippen LogP contribution in [0.5, 0.6) is 11.5 Å². The van der Waals surface area contributed by atoms with Gasteiger partial charge in [0.1, 0.15) is 11.5 Å². The number of piperidine rings is 2. The lowest BCUT2D eigenvalue weighted by molar-refractivity contribution is -0.130. The molecule has 0 saturated carbocycles. The number of nitrogens with zero attached hydrogens (tertiary/aromatic N) is 7. The summed E-state index contributed by atoms with van der Waals surface area (Å²) < 4.78 is 1.71. The van der Waals surface area contributed by atoms with Gasteiger partial charge in [0.05, 0.1) is 5.56 Å². The molecule has 12 heteroatoms. The SMILES string of the molecule is CCCc1cc(-c2nnc(C(=O)NCCN3CCCCC3)n2-c2ccc(CN3CCN(CC4CCN(C(C)=O)CC4)CC3)cc2)c(O)cc1O. The number of phenols is 2. The highest BCUT2D eigenvalue weighted by Crippen LogP contribution is 2.36. The second-order valence-electron chi connectivity index (χ2n) is 14.3. The molecule has 3 fully saturated rings. The third kappa shape index (κ3) is 8.83. The van der Waals surface area contributed by atoms with Crippen molar-refractivity contribution in [3.05, 3.63) is 53.3 Å². The molecule has 3 saturated heterocycles. The van der Waals surface area contributed by atoms with Crippen LogP contribution in [-0.2, 0) is 17.8 Å². The Kier molecular flexibility index (Phi) is 12.0. The first-order valence-electron chi connectivity index (χ1n) is 18.6. The highest BCUT2D eigenvalue weighted by molar-refractivity contribution is 5.92. The first kappa shape index (κ1) is 35.8. The van der Waals surface area contributed by atoms with E-state index in [4.69, 9.17) is 0 Å².